The second kappa shape index (κ2) is 9.55. The summed E-state index contributed by atoms with van der Waals surface area (Å²) in [7, 11) is 0. The number of amides is 2. The van der Waals surface area contributed by atoms with Crippen molar-refractivity contribution in [2.24, 2.45) is 0 Å². The molecule has 0 radical (unpaired) electrons. The SMILES string of the molecule is CC(=O)N1CCN(c2ccc(C(=O)Nc3nc(-c4ccc(Cl)cc4)cs3)cc2[N+](=O)[O-])CC1. The lowest BCUT2D eigenvalue weighted by atomic mass is 10.1. The van der Waals surface area contributed by atoms with Crippen molar-refractivity contribution in [1.82, 2.24) is 9.88 Å². The van der Waals surface area contributed by atoms with Gasteiger partial charge < -0.3 is 9.80 Å². The normalized spacial score (nSPS) is 13.6. The van der Waals surface area contributed by atoms with E-state index in [-0.39, 0.29) is 17.2 Å². The molecule has 2 amide bonds. The lowest BCUT2D eigenvalue weighted by Crippen LogP contribution is -2.48. The van der Waals surface area contributed by atoms with Crippen LogP contribution in [0, 0.1) is 10.1 Å². The summed E-state index contributed by atoms with van der Waals surface area (Å²) in [4.78, 5) is 43.5. The first-order chi connectivity index (χ1) is 15.8. The number of hydrogen-bond acceptors (Lipinski definition) is 7. The molecule has 1 saturated heterocycles. The molecule has 11 heteroatoms. The molecular formula is C22H20ClN5O4S. The average Bonchev–Trinajstić information content (AvgIpc) is 3.27. The summed E-state index contributed by atoms with van der Waals surface area (Å²) in [6, 6.07) is 11.6. The zero-order chi connectivity index (χ0) is 23.5. The summed E-state index contributed by atoms with van der Waals surface area (Å²) in [5, 5.41) is 17.2. The third-order valence-electron chi connectivity index (χ3n) is 5.36. The van der Waals surface area contributed by atoms with E-state index in [2.05, 4.69) is 10.3 Å². The Bertz CT molecular complexity index is 1210. The van der Waals surface area contributed by atoms with Crippen LogP contribution < -0.4 is 10.2 Å². The first-order valence-corrected chi connectivity index (χ1v) is 11.4. The number of hydrogen-bond donors (Lipinski definition) is 1. The molecule has 1 aliphatic rings. The summed E-state index contributed by atoms with van der Waals surface area (Å²) >= 11 is 7.17. The number of nitrogens with zero attached hydrogens (tertiary/aromatic N) is 4. The van der Waals surface area contributed by atoms with E-state index in [0.717, 1.165) is 5.56 Å². The first kappa shape index (κ1) is 22.7. The molecular weight excluding hydrogens is 466 g/mol. The van der Waals surface area contributed by atoms with E-state index in [0.29, 0.717) is 47.7 Å². The molecule has 3 aromatic rings. The minimum Gasteiger partial charge on any atom is -0.362 e. The van der Waals surface area contributed by atoms with Gasteiger partial charge in [-0.15, -0.1) is 11.3 Å². The summed E-state index contributed by atoms with van der Waals surface area (Å²) in [6.07, 6.45) is 0. The fourth-order valence-electron chi connectivity index (χ4n) is 3.59. The Morgan fingerprint density at radius 3 is 2.45 bits per heavy atom. The topological polar surface area (TPSA) is 109 Å². The molecule has 0 spiro atoms. The van der Waals surface area contributed by atoms with Crippen LogP contribution in [0.25, 0.3) is 11.3 Å². The Morgan fingerprint density at radius 2 is 1.82 bits per heavy atom. The third-order valence-corrected chi connectivity index (χ3v) is 6.37. The predicted octanol–water partition coefficient (Wildman–Crippen LogP) is 4.29. The van der Waals surface area contributed by atoms with Crippen LogP contribution in [0.5, 0.6) is 0 Å². The molecule has 0 bridgehead atoms. The highest BCUT2D eigenvalue weighted by atomic mass is 35.5. The van der Waals surface area contributed by atoms with Gasteiger partial charge >= 0.3 is 0 Å². The number of carbonyl (C=O) groups excluding carboxylic acids is 2. The van der Waals surface area contributed by atoms with Gasteiger partial charge in [-0.1, -0.05) is 23.7 Å². The average molecular weight is 486 g/mol. The van der Waals surface area contributed by atoms with Gasteiger partial charge in [0.15, 0.2) is 5.13 Å². The van der Waals surface area contributed by atoms with Crippen molar-refractivity contribution in [2.45, 2.75) is 6.92 Å². The van der Waals surface area contributed by atoms with E-state index in [9.17, 15) is 19.7 Å². The number of halogens is 1. The Morgan fingerprint density at radius 1 is 1.12 bits per heavy atom. The molecule has 0 saturated carbocycles. The van der Waals surface area contributed by atoms with Gasteiger partial charge in [0.1, 0.15) is 5.69 Å². The maximum atomic E-state index is 12.7. The number of thiazole rings is 1. The van der Waals surface area contributed by atoms with Crippen LogP contribution in [-0.4, -0.2) is 52.8 Å². The summed E-state index contributed by atoms with van der Waals surface area (Å²) in [5.41, 5.74) is 1.99. The quantitative estimate of drug-likeness (QED) is 0.426. The van der Waals surface area contributed by atoms with E-state index in [4.69, 9.17) is 11.6 Å². The number of piperazine rings is 1. The van der Waals surface area contributed by atoms with Crippen LogP contribution >= 0.6 is 22.9 Å². The van der Waals surface area contributed by atoms with Crippen molar-refractivity contribution < 1.29 is 14.5 Å². The Kier molecular flexibility index (Phi) is 6.57. The van der Waals surface area contributed by atoms with E-state index >= 15 is 0 Å². The fraction of sp³-hybridized carbons (Fsp3) is 0.227. The highest BCUT2D eigenvalue weighted by molar-refractivity contribution is 7.14. The minimum absolute atomic E-state index is 0.0161. The molecule has 0 aliphatic carbocycles. The molecule has 1 fully saturated rings. The van der Waals surface area contributed by atoms with Crippen molar-refractivity contribution in [3.05, 3.63) is 68.5 Å². The lowest BCUT2D eigenvalue weighted by Gasteiger charge is -2.35. The van der Waals surface area contributed by atoms with Crippen LogP contribution in [0.1, 0.15) is 17.3 Å². The van der Waals surface area contributed by atoms with E-state index in [1.54, 1.807) is 29.2 Å². The van der Waals surface area contributed by atoms with Crippen molar-refractivity contribution in [3.63, 3.8) is 0 Å². The number of anilines is 2. The van der Waals surface area contributed by atoms with Gasteiger partial charge in [0, 0.05) is 60.7 Å². The summed E-state index contributed by atoms with van der Waals surface area (Å²) in [5.74, 6) is -0.499. The highest BCUT2D eigenvalue weighted by Gasteiger charge is 2.26. The van der Waals surface area contributed by atoms with Gasteiger partial charge in [-0.25, -0.2) is 4.98 Å². The fourth-order valence-corrected chi connectivity index (χ4v) is 4.43. The van der Waals surface area contributed by atoms with Gasteiger partial charge in [0.2, 0.25) is 5.91 Å². The Labute approximate surface area is 198 Å². The van der Waals surface area contributed by atoms with E-state index in [1.807, 2.05) is 22.4 Å². The molecule has 0 unspecified atom stereocenters. The van der Waals surface area contributed by atoms with Crippen LogP contribution in [-0.2, 0) is 4.79 Å². The van der Waals surface area contributed by atoms with Crippen LogP contribution in [0.15, 0.2) is 47.8 Å². The number of nitro groups is 1. The third kappa shape index (κ3) is 5.12. The van der Waals surface area contributed by atoms with E-state index < -0.39 is 10.8 Å². The molecule has 4 rings (SSSR count). The van der Waals surface area contributed by atoms with Crippen molar-refractivity contribution in [1.29, 1.82) is 0 Å². The number of carbonyl (C=O) groups is 2. The van der Waals surface area contributed by atoms with Crippen LogP contribution in [0.3, 0.4) is 0 Å². The molecule has 33 heavy (non-hydrogen) atoms. The van der Waals surface area contributed by atoms with Crippen LogP contribution in [0.4, 0.5) is 16.5 Å². The van der Waals surface area contributed by atoms with Crippen molar-refractivity contribution >= 4 is 51.3 Å². The molecule has 0 atom stereocenters. The highest BCUT2D eigenvalue weighted by Crippen LogP contribution is 2.31. The van der Waals surface area contributed by atoms with Crippen molar-refractivity contribution in [3.8, 4) is 11.3 Å². The zero-order valence-electron chi connectivity index (χ0n) is 17.7. The second-order valence-corrected chi connectivity index (χ2v) is 8.75. The first-order valence-electron chi connectivity index (χ1n) is 10.1. The molecule has 170 valence electrons. The van der Waals surface area contributed by atoms with Gasteiger partial charge in [-0.2, -0.15) is 0 Å². The standard InChI is InChI=1S/C22H20ClN5O4S/c1-14(29)26-8-10-27(11-9-26)19-7-4-16(12-20(19)28(31)32)21(30)25-22-24-18(13-33-22)15-2-5-17(23)6-3-15/h2-7,12-13H,8-11H2,1H3,(H,24,25,30). The van der Waals surface area contributed by atoms with Crippen molar-refractivity contribution in [2.75, 3.05) is 36.4 Å². The molecule has 9 nitrogen and oxygen atoms in total. The minimum atomic E-state index is -0.495. The number of benzene rings is 2. The number of rotatable bonds is 5. The molecule has 2 heterocycles. The van der Waals surface area contributed by atoms with Gasteiger partial charge in [0.25, 0.3) is 11.6 Å². The second-order valence-electron chi connectivity index (χ2n) is 7.45. The number of aromatic nitrogens is 1. The van der Waals surface area contributed by atoms with E-state index in [1.165, 1.54) is 24.3 Å². The predicted molar refractivity (Wildman–Crippen MR) is 128 cm³/mol. The molecule has 1 aromatic heterocycles. The molecule has 1 N–H and O–H groups in total. The van der Waals surface area contributed by atoms with Gasteiger partial charge in [-0.05, 0) is 24.3 Å². The monoisotopic (exact) mass is 485 g/mol. The lowest BCUT2D eigenvalue weighted by molar-refractivity contribution is -0.384. The summed E-state index contributed by atoms with van der Waals surface area (Å²) in [6.45, 7) is 3.47. The maximum absolute atomic E-state index is 12.7. The summed E-state index contributed by atoms with van der Waals surface area (Å²) < 4.78 is 0. The molecule has 1 aliphatic heterocycles. The Hall–Kier alpha value is -3.50. The number of nitro benzene ring substituents is 1. The zero-order valence-corrected chi connectivity index (χ0v) is 19.2. The van der Waals surface area contributed by atoms with Gasteiger partial charge in [0.05, 0.1) is 10.6 Å². The number of nitrogens with one attached hydrogen (secondary N) is 1. The maximum Gasteiger partial charge on any atom is 0.293 e. The van der Waals surface area contributed by atoms with Gasteiger partial charge in [-0.3, -0.25) is 25.0 Å². The Balaban J connectivity index is 1.49. The smallest absolute Gasteiger partial charge is 0.293 e. The molecule has 2 aromatic carbocycles. The largest absolute Gasteiger partial charge is 0.362 e. The van der Waals surface area contributed by atoms with Crippen LogP contribution in [0.2, 0.25) is 5.02 Å².